The highest BCUT2D eigenvalue weighted by Gasteiger charge is 2.11. The zero-order valence-corrected chi connectivity index (χ0v) is 11.6. The lowest BCUT2D eigenvalue weighted by molar-refractivity contribution is 0.874. The zero-order valence-electron chi connectivity index (χ0n) is 10.7. The number of hydrogen-bond donors (Lipinski definition) is 0. The summed E-state index contributed by atoms with van der Waals surface area (Å²) >= 11 is 1.62. The Hall–Kier alpha value is -2.40. The van der Waals surface area contributed by atoms with Crippen LogP contribution in [0.2, 0.25) is 0 Å². The molecule has 0 spiro atoms. The molecule has 0 atom stereocenters. The normalized spacial score (nSPS) is 11.2. The maximum atomic E-state index is 4.75. The van der Waals surface area contributed by atoms with Crippen molar-refractivity contribution in [3.05, 3.63) is 48.2 Å². The van der Waals surface area contributed by atoms with Crippen LogP contribution in [0.1, 0.15) is 5.69 Å². The van der Waals surface area contributed by atoms with E-state index in [4.69, 9.17) is 4.98 Å². The Morgan fingerprint density at radius 3 is 2.65 bits per heavy atom. The van der Waals surface area contributed by atoms with E-state index in [0.717, 1.165) is 37.4 Å². The van der Waals surface area contributed by atoms with E-state index in [1.807, 2.05) is 31.2 Å². The highest BCUT2D eigenvalue weighted by molar-refractivity contribution is 7.25. The van der Waals surface area contributed by atoms with Crippen LogP contribution >= 0.6 is 11.3 Å². The smallest absolute Gasteiger partial charge is 0.126 e. The first-order valence-electron chi connectivity index (χ1n) is 6.27. The molecule has 0 aliphatic carbocycles. The molecule has 4 nitrogen and oxygen atoms in total. The van der Waals surface area contributed by atoms with Gasteiger partial charge in [-0.25, -0.2) is 4.98 Å². The molecule has 0 radical (unpaired) electrons. The number of nitrogens with zero attached hydrogens (tertiary/aromatic N) is 4. The van der Waals surface area contributed by atoms with Crippen molar-refractivity contribution in [2.75, 3.05) is 0 Å². The fourth-order valence-corrected chi connectivity index (χ4v) is 3.31. The molecule has 0 saturated carbocycles. The Bertz CT molecular complexity index is 915. The summed E-state index contributed by atoms with van der Waals surface area (Å²) in [5, 5.41) is 13.0. The molecule has 0 saturated heterocycles. The van der Waals surface area contributed by atoms with Crippen molar-refractivity contribution >= 4 is 31.8 Å². The molecule has 0 amide bonds. The number of benzene rings is 1. The van der Waals surface area contributed by atoms with Crippen LogP contribution in [0.3, 0.4) is 0 Å². The van der Waals surface area contributed by atoms with Crippen molar-refractivity contribution in [1.82, 2.24) is 20.4 Å². The number of thiophene rings is 1. The molecule has 0 aliphatic rings. The molecule has 0 unspecified atom stereocenters. The molecule has 1 aromatic carbocycles. The lowest BCUT2D eigenvalue weighted by Gasteiger charge is -1.99. The van der Waals surface area contributed by atoms with Gasteiger partial charge in [-0.3, -0.25) is 0 Å². The van der Waals surface area contributed by atoms with E-state index in [0.29, 0.717) is 0 Å². The van der Waals surface area contributed by atoms with Crippen LogP contribution in [-0.2, 0) is 0 Å². The summed E-state index contributed by atoms with van der Waals surface area (Å²) in [6, 6.07) is 14.3. The molecule has 3 aromatic heterocycles. The van der Waals surface area contributed by atoms with Gasteiger partial charge in [-0.15, -0.1) is 21.5 Å². The van der Waals surface area contributed by atoms with E-state index >= 15 is 0 Å². The molecule has 5 heteroatoms. The third kappa shape index (κ3) is 1.67. The van der Waals surface area contributed by atoms with Gasteiger partial charge in [0.15, 0.2) is 0 Å². The van der Waals surface area contributed by atoms with Crippen LogP contribution in [0.5, 0.6) is 0 Å². The lowest BCUT2D eigenvalue weighted by Crippen LogP contribution is -1.89. The van der Waals surface area contributed by atoms with E-state index in [9.17, 15) is 0 Å². The van der Waals surface area contributed by atoms with Crippen LogP contribution in [0, 0.1) is 6.92 Å². The average molecular weight is 278 g/mol. The van der Waals surface area contributed by atoms with E-state index in [1.54, 1.807) is 11.3 Å². The van der Waals surface area contributed by atoms with Gasteiger partial charge in [-0.05, 0) is 24.3 Å². The minimum absolute atomic E-state index is 0.893. The first-order chi connectivity index (χ1) is 9.83. The quantitative estimate of drug-likeness (QED) is 0.533. The average Bonchev–Trinajstić information content (AvgIpc) is 2.87. The van der Waals surface area contributed by atoms with Crippen molar-refractivity contribution in [1.29, 1.82) is 0 Å². The Labute approximate surface area is 119 Å². The Morgan fingerprint density at radius 1 is 0.950 bits per heavy atom. The predicted molar refractivity (Wildman–Crippen MR) is 80.7 cm³/mol. The summed E-state index contributed by atoms with van der Waals surface area (Å²) in [6.45, 7) is 1.95. The van der Waals surface area contributed by atoms with Crippen LogP contribution in [-0.4, -0.2) is 20.4 Å². The van der Waals surface area contributed by atoms with Gasteiger partial charge in [0.1, 0.15) is 10.3 Å². The molecule has 96 valence electrons. The van der Waals surface area contributed by atoms with Gasteiger partial charge in [0, 0.05) is 10.9 Å². The zero-order chi connectivity index (χ0) is 13.5. The van der Waals surface area contributed by atoms with Crippen molar-refractivity contribution in [2.45, 2.75) is 6.92 Å². The van der Waals surface area contributed by atoms with Crippen LogP contribution in [0.4, 0.5) is 0 Å². The Morgan fingerprint density at radius 2 is 1.80 bits per heavy atom. The van der Waals surface area contributed by atoms with Gasteiger partial charge in [-0.1, -0.05) is 30.3 Å². The monoisotopic (exact) mass is 278 g/mol. The Balaban J connectivity index is 2.01. The number of fused-ring (bicyclic) bond motifs is 3. The predicted octanol–water partition coefficient (Wildman–Crippen LogP) is 3.61. The second kappa shape index (κ2) is 4.31. The summed E-state index contributed by atoms with van der Waals surface area (Å²) in [6.07, 6.45) is 0. The molecule has 0 N–H and O–H groups in total. The van der Waals surface area contributed by atoms with E-state index in [2.05, 4.69) is 33.6 Å². The second-order valence-corrected chi connectivity index (χ2v) is 5.57. The largest absolute Gasteiger partial charge is 0.237 e. The molecule has 4 aromatic rings. The summed E-state index contributed by atoms with van der Waals surface area (Å²) in [5.74, 6) is 0. The lowest BCUT2D eigenvalue weighted by atomic mass is 10.1. The molecule has 0 fully saturated rings. The number of pyridine rings is 1. The fraction of sp³-hybridized carbons (Fsp3) is 0.0667. The molecule has 3 heterocycles. The summed E-state index contributed by atoms with van der Waals surface area (Å²) < 4.78 is 1.06. The maximum absolute atomic E-state index is 4.75. The second-order valence-electron chi connectivity index (χ2n) is 4.57. The standard InChI is InChI=1S/C15H10N4S/c1-9-14-13(18-19-17-9)11-7-8-12(16-15(11)20-14)10-5-3-2-4-6-10/h2-8H,1H3. The number of aromatic nitrogens is 4. The van der Waals surface area contributed by atoms with Gasteiger partial charge < -0.3 is 0 Å². The van der Waals surface area contributed by atoms with E-state index in [-0.39, 0.29) is 0 Å². The van der Waals surface area contributed by atoms with Gasteiger partial charge in [0.25, 0.3) is 0 Å². The Kier molecular flexibility index (Phi) is 2.47. The molecular weight excluding hydrogens is 268 g/mol. The summed E-state index contributed by atoms with van der Waals surface area (Å²) in [5.41, 5.74) is 3.89. The van der Waals surface area contributed by atoms with E-state index in [1.165, 1.54) is 0 Å². The molecule has 0 aliphatic heterocycles. The summed E-state index contributed by atoms with van der Waals surface area (Å²) in [4.78, 5) is 5.73. The molecule has 20 heavy (non-hydrogen) atoms. The minimum atomic E-state index is 0.893. The number of rotatable bonds is 1. The van der Waals surface area contributed by atoms with Crippen LogP contribution in [0.15, 0.2) is 42.5 Å². The van der Waals surface area contributed by atoms with Gasteiger partial charge in [0.2, 0.25) is 0 Å². The van der Waals surface area contributed by atoms with Crippen LogP contribution < -0.4 is 0 Å². The molecular formula is C15H10N4S. The van der Waals surface area contributed by atoms with Crippen molar-refractivity contribution in [3.63, 3.8) is 0 Å². The third-order valence-corrected chi connectivity index (χ3v) is 4.46. The fourth-order valence-electron chi connectivity index (χ4n) is 2.26. The van der Waals surface area contributed by atoms with Gasteiger partial charge >= 0.3 is 0 Å². The molecule has 0 bridgehead atoms. The molecule has 4 rings (SSSR count). The minimum Gasteiger partial charge on any atom is -0.237 e. The first kappa shape index (κ1) is 11.4. The highest BCUT2D eigenvalue weighted by Crippen LogP contribution is 2.33. The topological polar surface area (TPSA) is 51.6 Å². The SMILES string of the molecule is Cc1nnnc2c1sc1nc(-c3ccccc3)ccc12. The summed E-state index contributed by atoms with van der Waals surface area (Å²) in [7, 11) is 0. The van der Waals surface area contributed by atoms with Gasteiger partial charge in [-0.2, -0.15) is 0 Å². The highest BCUT2D eigenvalue weighted by atomic mass is 32.1. The number of hydrogen-bond acceptors (Lipinski definition) is 5. The van der Waals surface area contributed by atoms with Gasteiger partial charge in [0.05, 0.1) is 16.1 Å². The first-order valence-corrected chi connectivity index (χ1v) is 7.09. The van der Waals surface area contributed by atoms with Crippen molar-refractivity contribution in [2.24, 2.45) is 0 Å². The van der Waals surface area contributed by atoms with Crippen molar-refractivity contribution < 1.29 is 0 Å². The maximum Gasteiger partial charge on any atom is 0.126 e. The van der Waals surface area contributed by atoms with Crippen molar-refractivity contribution in [3.8, 4) is 11.3 Å². The van der Waals surface area contributed by atoms with Crippen LogP contribution in [0.25, 0.3) is 31.7 Å². The third-order valence-electron chi connectivity index (χ3n) is 3.27. The van der Waals surface area contributed by atoms with E-state index < -0.39 is 0 Å². The number of aryl methyl sites for hydroxylation is 1.